The van der Waals surface area contributed by atoms with Gasteiger partial charge in [-0.3, -0.25) is 0 Å². The summed E-state index contributed by atoms with van der Waals surface area (Å²) in [5, 5.41) is 10.6. The van der Waals surface area contributed by atoms with Crippen molar-refractivity contribution in [2.45, 2.75) is 32.8 Å². The number of nitrogens with two attached hydrogens (primary N) is 1. The summed E-state index contributed by atoms with van der Waals surface area (Å²) < 4.78 is 13.1. The van der Waals surface area contributed by atoms with Gasteiger partial charge < -0.3 is 19.8 Å². The van der Waals surface area contributed by atoms with Crippen LogP contribution in [-0.2, 0) is 11.8 Å². The zero-order valence-corrected chi connectivity index (χ0v) is 17.5. The molecule has 0 aliphatic carbocycles. The van der Waals surface area contributed by atoms with Gasteiger partial charge in [-0.05, 0) is 43.5 Å². The van der Waals surface area contributed by atoms with Crippen molar-refractivity contribution in [1.29, 1.82) is 5.26 Å². The first-order chi connectivity index (χ1) is 14.2. The molecule has 0 aliphatic rings. The number of carbonyl (C=O) groups is 1. The second-order valence-corrected chi connectivity index (χ2v) is 7.97. The molecule has 2 aromatic heterocycles. The zero-order valence-electron chi connectivity index (χ0n) is 17.5. The lowest BCUT2D eigenvalue weighted by Gasteiger charge is -2.30. The molecule has 3 aromatic rings. The number of aromatic nitrogens is 3. The number of benzene rings is 1. The molecule has 0 saturated carbocycles. The topological polar surface area (TPSA) is 116 Å². The number of ether oxygens (including phenoxy) is 2. The van der Waals surface area contributed by atoms with E-state index in [2.05, 4.69) is 16.0 Å². The van der Waals surface area contributed by atoms with Gasteiger partial charge in [-0.2, -0.15) is 5.26 Å². The lowest BCUT2D eigenvalue weighted by molar-refractivity contribution is -0.0186. The highest BCUT2D eigenvalue weighted by Gasteiger charge is 2.31. The summed E-state index contributed by atoms with van der Waals surface area (Å²) in [4.78, 5) is 20.0. The number of amides is 1. The Bertz CT molecular complexity index is 1120. The molecule has 1 atom stereocenters. The first-order valence-electron chi connectivity index (χ1n) is 9.64. The second kappa shape index (κ2) is 8.41. The van der Waals surface area contributed by atoms with Gasteiger partial charge in [0.2, 0.25) is 0 Å². The average Bonchev–Trinajstić information content (AvgIpc) is 3.06. The van der Waals surface area contributed by atoms with Crippen LogP contribution >= 0.6 is 0 Å². The van der Waals surface area contributed by atoms with E-state index in [-0.39, 0.29) is 12.5 Å². The number of fused-ring (bicyclic) bond motifs is 1. The molecule has 1 aromatic carbocycles. The van der Waals surface area contributed by atoms with Crippen LogP contribution in [0.4, 0.5) is 4.79 Å². The molecule has 0 spiro atoms. The third-order valence-electron chi connectivity index (χ3n) is 4.76. The molecule has 30 heavy (non-hydrogen) atoms. The van der Waals surface area contributed by atoms with Crippen LogP contribution < -0.4 is 10.5 Å². The van der Waals surface area contributed by atoms with Crippen LogP contribution in [0.5, 0.6) is 5.75 Å². The number of carbonyl (C=O) groups excluding carboxylic acids is 1. The molecule has 0 saturated heterocycles. The van der Waals surface area contributed by atoms with Gasteiger partial charge in [0, 0.05) is 24.2 Å². The fourth-order valence-electron chi connectivity index (χ4n) is 3.67. The standard InChI is InChI=1S/C22H25N5O3/c1-14(2)10-22(3,30-21(24)28)12-29-18-6-5-15(9-16(18)11-23)19-17-7-8-27(4)20(17)26-13-25-19/h5-9,13-14H,10,12H2,1-4H3,(H2,24,28)/t22-/m0/s1. The van der Waals surface area contributed by atoms with Crippen LogP contribution in [0.3, 0.4) is 0 Å². The van der Waals surface area contributed by atoms with E-state index in [1.165, 1.54) is 6.33 Å². The van der Waals surface area contributed by atoms with Gasteiger partial charge >= 0.3 is 6.09 Å². The molecule has 0 radical (unpaired) electrons. The summed E-state index contributed by atoms with van der Waals surface area (Å²) in [6.07, 6.45) is 3.14. The molecule has 2 N–H and O–H groups in total. The van der Waals surface area contributed by atoms with E-state index in [1.807, 2.05) is 43.8 Å². The first kappa shape index (κ1) is 21.1. The molecule has 1 amide bonds. The molecule has 8 nitrogen and oxygen atoms in total. The summed E-state index contributed by atoms with van der Waals surface area (Å²) >= 11 is 0. The molecule has 8 heteroatoms. The Kier molecular flexibility index (Phi) is 5.92. The van der Waals surface area contributed by atoms with Crippen LogP contribution in [0.25, 0.3) is 22.3 Å². The lowest BCUT2D eigenvalue weighted by Crippen LogP contribution is -2.41. The fraction of sp³-hybridized carbons (Fsp3) is 0.364. The molecule has 2 heterocycles. The molecule has 0 aliphatic heterocycles. The van der Waals surface area contributed by atoms with E-state index in [1.54, 1.807) is 19.1 Å². The monoisotopic (exact) mass is 407 g/mol. The largest absolute Gasteiger partial charge is 0.488 e. The number of nitriles is 1. The van der Waals surface area contributed by atoms with Gasteiger partial charge in [0.25, 0.3) is 0 Å². The van der Waals surface area contributed by atoms with Crippen LogP contribution in [0.1, 0.15) is 32.8 Å². The van der Waals surface area contributed by atoms with Crippen LogP contribution in [0.15, 0.2) is 36.8 Å². The molecular weight excluding hydrogens is 382 g/mol. The Labute approximate surface area is 175 Å². The van der Waals surface area contributed by atoms with Crippen molar-refractivity contribution in [3.8, 4) is 23.1 Å². The van der Waals surface area contributed by atoms with Gasteiger partial charge in [-0.25, -0.2) is 14.8 Å². The van der Waals surface area contributed by atoms with Crippen molar-refractivity contribution in [3.63, 3.8) is 0 Å². The second-order valence-electron chi connectivity index (χ2n) is 7.97. The Morgan fingerprint density at radius 3 is 2.77 bits per heavy atom. The van der Waals surface area contributed by atoms with Crippen molar-refractivity contribution in [3.05, 3.63) is 42.4 Å². The van der Waals surface area contributed by atoms with E-state index < -0.39 is 11.7 Å². The Morgan fingerprint density at radius 2 is 2.10 bits per heavy atom. The number of aryl methyl sites for hydroxylation is 1. The van der Waals surface area contributed by atoms with E-state index in [9.17, 15) is 10.1 Å². The molecular formula is C22H25N5O3. The third-order valence-corrected chi connectivity index (χ3v) is 4.76. The van der Waals surface area contributed by atoms with Gasteiger partial charge in [-0.1, -0.05) is 13.8 Å². The Hall–Kier alpha value is -3.60. The number of nitrogens with zero attached hydrogens (tertiary/aromatic N) is 4. The number of hydrogen-bond donors (Lipinski definition) is 1. The van der Waals surface area contributed by atoms with Crippen LogP contribution in [-0.4, -0.2) is 32.8 Å². The summed E-state index contributed by atoms with van der Waals surface area (Å²) in [5.74, 6) is 0.671. The highest BCUT2D eigenvalue weighted by atomic mass is 16.6. The van der Waals surface area contributed by atoms with E-state index in [0.29, 0.717) is 17.7 Å². The minimum absolute atomic E-state index is 0.0819. The number of hydrogen-bond acceptors (Lipinski definition) is 6. The number of primary amides is 1. The lowest BCUT2D eigenvalue weighted by atomic mass is 9.95. The maximum absolute atomic E-state index is 11.3. The highest BCUT2D eigenvalue weighted by Crippen LogP contribution is 2.31. The number of rotatable bonds is 7. The maximum Gasteiger partial charge on any atom is 0.405 e. The molecule has 156 valence electrons. The van der Waals surface area contributed by atoms with Crippen molar-refractivity contribution in [1.82, 2.24) is 14.5 Å². The van der Waals surface area contributed by atoms with Crippen molar-refractivity contribution in [2.75, 3.05) is 6.61 Å². The maximum atomic E-state index is 11.3. The molecule has 0 bridgehead atoms. The van der Waals surface area contributed by atoms with Gasteiger partial charge in [-0.15, -0.1) is 0 Å². The van der Waals surface area contributed by atoms with E-state index in [4.69, 9.17) is 15.2 Å². The van der Waals surface area contributed by atoms with E-state index in [0.717, 1.165) is 22.3 Å². The normalized spacial score (nSPS) is 13.1. The van der Waals surface area contributed by atoms with Crippen molar-refractivity contribution >= 4 is 17.1 Å². The minimum Gasteiger partial charge on any atom is -0.488 e. The predicted octanol–water partition coefficient (Wildman–Crippen LogP) is 3.79. The molecule has 0 unspecified atom stereocenters. The fourth-order valence-corrected chi connectivity index (χ4v) is 3.67. The van der Waals surface area contributed by atoms with Crippen LogP contribution in [0, 0.1) is 17.2 Å². The van der Waals surface area contributed by atoms with Crippen LogP contribution in [0.2, 0.25) is 0 Å². The van der Waals surface area contributed by atoms with Gasteiger partial charge in [0.1, 0.15) is 36.0 Å². The Morgan fingerprint density at radius 1 is 1.33 bits per heavy atom. The molecule has 3 rings (SSSR count). The molecule has 0 fully saturated rings. The van der Waals surface area contributed by atoms with Crippen molar-refractivity contribution in [2.24, 2.45) is 18.7 Å². The average molecular weight is 407 g/mol. The SMILES string of the molecule is CC(C)C[C@@](C)(COc1ccc(-c2ncnc3c2ccn3C)cc1C#N)OC(N)=O. The van der Waals surface area contributed by atoms with Gasteiger partial charge in [0.05, 0.1) is 11.3 Å². The summed E-state index contributed by atoms with van der Waals surface area (Å²) in [6, 6.07) is 9.42. The Balaban J connectivity index is 1.89. The van der Waals surface area contributed by atoms with Gasteiger partial charge in [0.15, 0.2) is 0 Å². The minimum atomic E-state index is -0.895. The predicted molar refractivity (Wildman–Crippen MR) is 113 cm³/mol. The third kappa shape index (κ3) is 4.51. The quantitative estimate of drug-likeness (QED) is 0.637. The summed E-state index contributed by atoms with van der Waals surface area (Å²) in [6.45, 7) is 5.89. The van der Waals surface area contributed by atoms with Crippen molar-refractivity contribution < 1.29 is 14.3 Å². The zero-order chi connectivity index (χ0) is 21.9. The highest BCUT2D eigenvalue weighted by molar-refractivity contribution is 5.91. The summed E-state index contributed by atoms with van der Waals surface area (Å²) in [5.41, 5.74) is 7.04. The first-order valence-corrected chi connectivity index (χ1v) is 9.64. The summed E-state index contributed by atoms with van der Waals surface area (Å²) in [7, 11) is 1.92. The van der Waals surface area contributed by atoms with E-state index >= 15 is 0 Å². The smallest absolute Gasteiger partial charge is 0.405 e.